The Labute approximate surface area is 236 Å². The van der Waals surface area contributed by atoms with E-state index in [4.69, 9.17) is 4.74 Å². The fourth-order valence-electron chi connectivity index (χ4n) is 9.77. The Bertz CT molecular complexity index is 1040. The second-order valence-corrected chi connectivity index (χ2v) is 14.7. The Morgan fingerprint density at radius 2 is 1.66 bits per heavy atom. The van der Waals surface area contributed by atoms with E-state index in [2.05, 4.69) is 43.6 Å². The zero-order valence-electron chi connectivity index (χ0n) is 24.1. The fourth-order valence-corrected chi connectivity index (χ4v) is 9.97. The van der Waals surface area contributed by atoms with Crippen molar-refractivity contribution in [1.29, 1.82) is 0 Å². The number of carboxylic acid groups (broad SMARTS) is 1. The molecular weight excluding hydrogens is 548 g/mol. The lowest BCUT2D eigenvalue weighted by molar-refractivity contribution is -0.234. The summed E-state index contributed by atoms with van der Waals surface area (Å²) in [6.07, 6.45) is 3.99. The number of carbonyl (C=O) groups excluding carboxylic acids is 1. The standard InChI is InChI=1S/C31H47BrO6/c1-16(2)22(32)9-8-19(28(36)37)26-21-14-24(35)27-29(5)12-11-23(34)17(3)20(29)10-13-30(27,6)31(21,7)15-25(26)38-18(4)33/h17,20-21,23-25,27,34-35H,8-15H2,1-7H3,(H,36,37)/b26-19-/t17-,20?,21?,23+,24+,25-,27-,29-,30-,31-/m0/s1. The second kappa shape index (κ2) is 10.3. The summed E-state index contributed by atoms with van der Waals surface area (Å²) in [4.78, 5) is 25.0. The van der Waals surface area contributed by atoms with Gasteiger partial charge in [-0.05, 0) is 115 Å². The van der Waals surface area contributed by atoms with E-state index in [9.17, 15) is 24.9 Å². The summed E-state index contributed by atoms with van der Waals surface area (Å²) in [5, 5.41) is 33.0. The van der Waals surface area contributed by atoms with E-state index in [1.165, 1.54) is 6.92 Å². The van der Waals surface area contributed by atoms with Crippen LogP contribution in [0.3, 0.4) is 0 Å². The van der Waals surface area contributed by atoms with Gasteiger partial charge in [0.2, 0.25) is 0 Å². The predicted octanol–water partition coefficient (Wildman–Crippen LogP) is 6.39. The molecule has 0 radical (unpaired) electrons. The smallest absolute Gasteiger partial charge is 0.331 e. The van der Waals surface area contributed by atoms with Gasteiger partial charge in [-0.2, -0.15) is 0 Å². The van der Waals surface area contributed by atoms with Gasteiger partial charge in [-0.15, -0.1) is 0 Å². The number of hydrogen-bond acceptors (Lipinski definition) is 5. The number of aliphatic carboxylic acids is 1. The van der Waals surface area contributed by atoms with Gasteiger partial charge in [0.15, 0.2) is 0 Å². The molecule has 214 valence electrons. The third-order valence-corrected chi connectivity index (χ3v) is 12.9. The number of rotatable bonds is 5. The van der Waals surface area contributed by atoms with E-state index < -0.39 is 24.1 Å². The van der Waals surface area contributed by atoms with Crippen molar-refractivity contribution >= 4 is 27.9 Å². The second-order valence-electron chi connectivity index (χ2n) is 13.7. The van der Waals surface area contributed by atoms with Crippen molar-refractivity contribution in [2.24, 2.45) is 39.9 Å². The highest BCUT2D eigenvalue weighted by atomic mass is 79.9. The number of fused-ring (bicyclic) bond motifs is 5. The molecule has 0 spiro atoms. The zero-order valence-corrected chi connectivity index (χ0v) is 25.7. The number of esters is 1. The molecule has 6 nitrogen and oxygen atoms in total. The van der Waals surface area contributed by atoms with Crippen molar-refractivity contribution in [3.05, 3.63) is 21.2 Å². The van der Waals surface area contributed by atoms with E-state index in [0.717, 1.165) is 35.7 Å². The first-order chi connectivity index (χ1) is 17.6. The molecule has 4 aliphatic rings. The zero-order chi connectivity index (χ0) is 28.4. The number of allylic oxidation sites excluding steroid dienone is 2. The van der Waals surface area contributed by atoms with Crippen LogP contribution >= 0.6 is 15.9 Å². The van der Waals surface area contributed by atoms with Crippen LogP contribution in [0.25, 0.3) is 0 Å². The van der Waals surface area contributed by atoms with Crippen LogP contribution in [0.4, 0.5) is 0 Å². The fraction of sp³-hybridized carbons (Fsp3) is 0.806. The normalized spacial score (nSPS) is 45.4. The number of hydrogen-bond donors (Lipinski definition) is 3. The molecule has 4 aliphatic carbocycles. The molecule has 0 aliphatic heterocycles. The quantitative estimate of drug-likeness (QED) is 0.252. The lowest BCUT2D eigenvalue weighted by Gasteiger charge is -2.69. The molecule has 0 aromatic rings. The third-order valence-electron chi connectivity index (χ3n) is 11.8. The number of carboxylic acids is 1. The molecule has 0 bridgehead atoms. The summed E-state index contributed by atoms with van der Waals surface area (Å²) in [5.74, 6) is -0.977. The lowest BCUT2D eigenvalue weighted by atomic mass is 9.36. The van der Waals surface area contributed by atoms with Gasteiger partial charge in [0, 0.05) is 12.5 Å². The highest BCUT2D eigenvalue weighted by Gasteiger charge is 2.70. The minimum atomic E-state index is -0.969. The van der Waals surface area contributed by atoms with Gasteiger partial charge in [-0.25, -0.2) is 4.79 Å². The van der Waals surface area contributed by atoms with E-state index in [-0.39, 0.29) is 40.1 Å². The van der Waals surface area contributed by atoms with Crippen molar-refractivity contribution in [2.45, 2.75) is 118 Å². The van der Waals surface area contributed by atoms with Gasteiger partial charge < -0.3 is 20.1 Å². The van der Waals surface area contributed by atoms with Crippen LogP contribution in [0, 0.1) is 39.9 Å². The Hall–Kier alpha value is -1.18. The Kier molecular flexibility index (Phi) is 8.10. The first-order valence-corrected chi connectivity index (χ1v) is 15.2. The molecule has 7 heteroatoms. The minimum Gasteiger partial charge on any atom is -0.478 e. The SMILES string of the molecule is CC(=O)O[C@H]1C[C@@]2(C)C(C[C@@H](O)[C@H]3[C@@]4(C)CC[C@@H](O)[C@@H](C)C4CC[C@@]32C)/C1=C(\CCC(Br)=C(C)C)C(=O)O. The van der Waals surface area contributed by atoms with Crippen molar-refractivity contribution in [3.8, 4) is 0 Å². The molecule has 0 saturated heterocycles. The molecule has 38 heavy (non-hydrogen) atoms. The third kappa shape index (κ3) is 4.52. The first kappa shape index (κ1) is 29.8. The van der Waals surface area contributed by atoms with E-state index in [0.29, 0.717) is 42.7 Å². The molecule has 0 aromatic heterocycles. The summed E-state index contributed by atoms with van der Waals surface area (Å²) < 4.78 is 6.87. The minimum absolute atomic E-state index is 0.0374. The molecule has 0 aromatic carbocycles. The summed E-state index contributed by atoms with van der Waals surface area (Å²) >= 11 is 3.60. The van der Waals surface area contributed by atoms with Gasteiger partial charge in [-0.3, -0.25) is 4.79 Å². The summed E-state index contributed by atoms with van der Waals surface area (Å²) in [6, 6.07) is 0. The molecule has 2 unspecified atom stereocenters. The van der Waals surface area contributed by atoms with Crippen molar-refractivity contribution in [2.75, 3.05) is 0 Å². The maximum absolute atomic E-state index is 12.7. The summed E-state index contributed by atoms with van der Waals surface area (Å²) in [5.41, 5.74) is 1.45. The monoisotopic (exact) mass is 594 g/mol. The largest absolute Gasteiger partial charge is 0.478 e. The Morgan fingerprint density at radius 3 is 2.24 bits per heavy atom. The summed E-state index contributed by atoms with van der Waals surface area (Å²) in [6.45, 7) is 14.4. The van der Waals surface area contributed by atoms with E-state index >= 15 is 0 Å². The molecule has 3 N–H and O–H groups in total. The molecule has 4 fully saturated rings. The maximum atomic E-state index is 12.7. The van der Waals surface area contributed by atoms with Crippen LogP contribution in [0.1, 0.15) is 99.8 Å². The number of ether oxygens (including phenoxy) is 1. The molecule has 10 atom stereocenters. The Balaban J connectivity index is 1.83. The number of aliphatic hydroxyl groups is 2. The van der Waals surface area contributed by atoms with Crippen LogP contribution in [0.15, 0.2) is 21.2 Å². The molecule has 0 amide bonds. The Morgan fingerprint density at radius 1 is 1.00 bits per heavy atom. The highest BCUT2D eigenvalue weighted by Crippen LogP contribution is 2.74. The van der Waals surface area contributed by atoms with Gasteiger partial charge >= 0.3 is 11.9 Å². The number of aliphatic hydroxyl groups excluding tert-OH is 2. The van der Waals surface area contributed by atoms with Crippen LogP contribution in [-0.2, 0) is 14.3 Å². The first-order valence-electron chi connectivity index (χ1n) is 14.4. The van der Waals surface area contributed by atoms with Crippen molar-refractivity contribution in [3.63, 3.8) is 0 Å². The van der Waals surface area contributed by atoms with Crippen molar-refractivity contribution < 1.29 is 29.6 Å². The van der Waals surface area contributed by atoms with Crippen LogP contribution < -0.4 is 0 Å². The topological polar surface area (TPSA) is 104 Å². The van der Waals surface area contributed by atoms with Crippen LogP contribution in [0.2, 0.25) is 0 Å². The summed E-state index contributed by atoms with van der Waals surface area (Å²) in [7, 11) is 0. The molecule has 4 saturated carbocycles. The average Bonchev–Trinajstić information content (AvgIpc) is 3.08. The maximum Gasteiger partial charge on any atom is 0.331 e. The average molecular weight is 596 g/mol. The van der Waals surface area contributed by atoms with Gasteiger partial charge in [0.05, 0.1) is 12.2 Å². The predicted molar refractivity (Wildman–Crippen MR) is 150 cm³/mol. The highest BCUT2D eigenvalue weighted by molar-refractivity contribution is 9.11. The molecule has 0 heterocycles. The van der Waals surface area contributed by atoms with Crippen molar-refractivity contribution in [1.82, 2.24) is 0 Å². The molecular formula is C31H47BrO6. The van der Waals surface area contributed by atoms with Gasteiger partial charge in [-0.1, -0.05) is 49.2 Å². The van der Waals surface area contributed by atoms with Crippen LogP contribution in [-0.4, -0.2) is 45.6 Å². The van der Waals surface area contributed by atoms with Gasteiger partial charge in [0.1, 0.15) is 6.10 Å². The van der Waals surface area contributed by atoms with E-state index in [1.807, 2.05) is 13.8 Å². The lowest BCUT2D eigenvalue weighted by Crippen LogP contribution is -2.65. The number of halogens is 1. The van der Waals surface area contributed by atoms with Gasteiger partial charge in [0.25, 0.3) is 0 Å². The van der Waals surface area contributed by atoms with Crippen LogP contribution in [0.5, 0.6) is 0 Å². The molecule has 4 rings (SSSR count). The van der Waals surface area contributed by atoms with E-state index in [1.54, 1.807) is 0 Å². The number of carbonyl (C=O) groups is 2.